The molecule has 0 aliphatic rings. The molecule has 0 heterocycles. The van der Waals surface area contributed by atoms with Crippen LogP contribution in [0.15, 0.2) is 18.2 Å². The maximum Gasteiger partial charge on any atom is 0.146 e. The van der Waals surface area contributed by atoms with Crippen LogP contribution in [0, 0.1) is 5.82 Å². The van der Waals surface area contributed by atoms with Crippen LogP contribution in [-0.4, -0.2) is 20.1 Å². The Balaban J connectivity index is 3.01. The number of hydrogen-bond donors (Lipinski definition) is 1. The number of rotatable bonds is 6. The highest BCUT2D eigenvalue weighted by Crippen LogP contribution is 2.28. The van der Waals surface area contributed by atoms with Crippen LogP contribution in [-0.2, 0) is 0 Å². The minimum absolute atomic E-state index is 0.142. The van der Waals surface area contributed by atoms with E-state index in [9.17, 15) is 4.39 Å². The van der Waals surface area contributed by atoms with Crippen LogP contribution in [0.5, 0.6) is 0 Å². The van der Waals surface area contributed by atoms with Crippen molar-refractivity contribution in [2.75, 3.05) is 25.0 Å². The summed E-state index contributed by atoms with van der Waals surface area (Å²) in [5, 5.41) is 3.40. The standard InChI is InChI=1S/C14H23FN2/c1-5-10-16-11(3)12-8-7-9-13(15)14(12)17(4)6-2/h7-9,11,16H,5-6,10H2,1-4H3. The topological polar surface area (TPSA) is 15.3 Å². The van der Waals surface area contributed by atoms with Crippen LogP contribution in [0.4, 0.5) is 10.1 Å². The predicted molar refractivity (Wildman–Crippen MR) is 72.1 cm³/mol. The summed E-state index contributed by atoms with van der Waals surface area (Å²) in [6.45, 7) is 7.99. The number of para-hydroxylation sites is 1. The molecule has 96 valence electrons. The van der Waals surface area contributed by atoms with Gasteiger partial charge < -0.3 is 10.2 Å². The van der Waals surface area contributed by atoms with Gasteiger partial charge in [0.1, 0.15) is 5.82 Å². The van der Waals surface area contributed by atoms with Crippen molar-refractivity contribution in [3.63, 3.8) is 0 Å². The SMILES string of the molecule is CCCNC(C)c1cccc(F)c1N(C)CC. The van der Waals surface area contributed by atoms with Crippen molar-refractivity contribution in [2.24, 2.45) is 0 Å². The molecule has 0 amide bonds. The molecule has 0 fully saturated rings. The minimum atomic E-state index is -0.142. The molecule has 0 spiro atoms. The van der Waals surface area contributed by atoms with E-state index in [1.54, 1.807) is 6.07 Å². The fourth-order valence-electron chi connectivity index (χ4n) is 1.91. The zero-order valence-corrected chi connectivity index (χ0v) is 11.3. The molecule has 0 bridgehead atoms. The van der Waals surface area contributed by atoms with E-state index in [2.05, 4.69) is 19.2 Å². The molecule has 1 aromatic rings. The fourth-order valence-corrected chi connectivity index (χ4v) is 1.91. The maximum atomic E-state index is 13.9. The van der Waals surface area contributed by atoms with Gasteiger partial charge in [-0.1, -0.05) is 19.1 Å². The van der Waals surface area contributed by atoms with Gasteiger partial charge in [0.25, 0.3) is 0 Å². The highest BCUT2D eigenvalue weighted by Gasteiger charge is 2.16. The lowest BCUT2D eigenvalue weighted by Gasteiger charge is -2.25. The second-order valence-electron chi connectivity index (χ2n) is 4.37. The molecule has 0 saturated heterocycles. The van der Waals surface area contributed by atoms with Gasteiger partial charge in [0, 0.05) is 19.6 Å². The van der Waals surface area contributed by atoms with E-state index in [1.807, 2.05) is 24.9 Å². The molecule has 1 N–H and O–H groups in total. The summed E-state index contributed by atoms with van der Waals surface area (Å²) in [5.74, 6) is -0.142. The first-order chi connectivity index (χ1) is 8.11. The molecular formula is C14H23FN2. The number of nitrogens with zero attached hydrogens (tertiary/aromatic N) is 1. The van der Waals surface area contributed by atoms with Crippen LogP contribution >= 0.6 is 0 Å². The van der Waals surface area contributed by atoms with Gasteiger partial charge in [-0.2, -0.15) is 0 Å². The van der Waals surface area contributed by atoms with Gasteiger partial charge >= 0.3 is 0 Å². The molecule has 0 saturated carbocycles. The molecule has 0 aromatic heterocycles. The lowest BCUT2D eigenvalue weighted by Crippen LogP contribution is -2.24. The predicted octanol–water partition coefficient (Wildman–Crippen LogP) is 3.34. The second kappa shape index (κ2) is 6.60. The zero-order valence-electron chi connectivity index (χ0n) is 11.3. The first kappa shape index (κ1) is 14.0. The summed E-state index contributed by atoms with van der Waals surface area (Å²) in [7, 11) is 1.93. The van der Waals surface area contributed by atoms with E-state index < -0.39 is 0 Å². The van der Waals surface area contributed by atoms with Crippen LogP contribution in [0.3, 0.4) is 0 Å². The number of benzene rings is 1. The highest BCUT2D eigenvalue weighted by molar-refractivity contribution is 5.55. The number of nitrogens with one attached hydrogen (secondary N) is 1. The Bertz CT molecular complexity index is 352. The van der Waals surface area contributed by atoms with E-state index in [1.165, 1.54) is 6.07 Å². The van der Waals surface area contributed by atoms with Crippen LogP contribution in [0.25, 0.3) is 0 Å². The molecule has 0 aliphatic carbocycles. The first-order valence-electron chi connectivity index (χ1n) is 6.34. The summed E-state index contributed by atoms with van der Waals surface area (Å²) in [5.41, 5.74) is 1.74. The van der Waals surface area contributed by atoms with Crippen molar-refractivity contribution in [2.45, 2.75) is 33.2 Å². The fraction of sp³-hybridized carbons (Fsp3) is 0.571. The van der Waals surface area contributed by atoms with Crippen molar-refractivity contribution < 1.29 is 4.39 Å². The van der Waals surface area contributed by atoms with E-state index in [0.717, 1.165) is 25.1 Å². The normalized spacial score (nSPS) is 12.5. The Hall–Kier alpha value is -1.09. The van der Waals surface area contributed by atoms with Crippen molar-refractivity contribution in [1.82, 2.24) is 5.32 Å². The monoisotopic (exact) mass is 238 g/mol. The van der Waals surface area contributed by atoms with Gasteiger partial charge in [0.05, 0.1) is 5.69 Å². The van der Waals surface area contributed by atoms with Crippen molar-refractivity contribution in [1.29, 1.82) is 0 Å². The highest BCUT2D eigenvalue weighted by atomic mass is 19.1. The van der Waals surface area contributed by atoms with Crippen molar-refractivity contribution in [3.05, 3.63) is 29.6 Å². The molecular weight excluding hydrogens is 215 g/mol. The Morgan fingerprint density at radius 3 is 2.65 bits per heavy atom. The van der Waals surface area contributed by atoms with Gasteiger partial charge in [-0.3, -0.25) is 0 Å². The number of anilines is 1. The molecule has 2 nitrogen and oxygen atoms in total. The van der Waals surface area contributed by atoms with Gasteiger partial charge in [0.15, 0.2) is 0 Å². The van der Waals surface area contributed by atoms with E-state index in [4.69, 9.17) is 0 Å². The third-order valence-electron chi connectivity index (χ3n) is 3.04. The quantitative estimate of drug-likeness (QED) is 0.817. The van der Waals surface area contributed by atoms with Crippen LogP contribution in [0.1, 0.15) is 38.8 Å². The molecule has 0 radical (unpaired) electrons. The Morgan fingerprint density at radius 1 is 1.35 bits per heavy atom. The molecule has 1 unspecified atom stereocenters. The lowest BCUT2D eigenvalue weighted by atomic mass is 10.0. The summed E-state index contributed by atoms with van der Waals surface area (Å²) < 4.78 is 13.9. The molecule has 1 rings (SSSR count). The average Bonchev–Trinajstić information content (AvgIpc) is 2.34. The van der Waals surface area contributed by atoms with Crippen LogP contribution < -0.4 is 10.2 Å². The van der Waals surface area contributed by atoms with Crippen molar-refractivity contribution >= 4 is 5.69 Å². The largest absolute Gasteiger partial charge is 0.372 e. The summed E-state index contributed by atoms with van der Waals surface area (Å²) in [6, 6.07) is 5.48. The summed E-state index contributed by atoms with van der Waals surface area (Å²) in [6.07, 6.45) is 1.08. The maximum absolute atomic E-state index is 13.9. The lowest BCUT2D eigenvalue weighted by molar-refractivity contribution is 0.560. The van der Waals surface area contributed by atoms with E-state index >= 15 is 0 Å². The minimum Gasteiger partial charge on any atom is -0.372 e. The summed E-state index contributed by atoms with van der Waals surface area (Å²) >= 11 is 0. The molecule has 0 aliphatic heterocycles. The van der Waals surface area contributed by atoms with E-state index in [-0.39, 0.29) is 11.9 Å². The van der Waals surface area contributed by atoms with Gasteiger partial charge in [-0.05, 0) is 38.4 Å². The van der Waals surface area contributed by atoms with Crippen LogP contribution in [0.2, 0.25) is 0 Å². The van der Waals surface area contributed by atoms with Gasteiger partial charge in [0.2, 0.25) is 0 Å². The smallest absolute Gasteiger partial charge is 0.146 e. The molecule has 3 heteroatoms. The molecule has 1 atom stereocenters. The first-order valence-corrected chi connectivity index (χ1v) is 6.34. The average molecular weight is 238 g/mol. The van der Waals surface area contributed by atoms with Crippen molar-refractivity contribution in [3.8, 4) is 0 Å². The van der Waals surface area contributed by atoms with E-state index in [0.29, 0.717) is 5.69 Å². The molecule has 1 aromatic carbocycles. The number of hydrogen-bond acceptors (Lipinski definition) is 2. The molecule has 17 heavy (non-hydrogen) atoms. The third kappa shape index (κ3) is 3.43. The van der Waals surface area contributed by atoms with Gasteiger partial charge in [-0.25, -0.2) is 4.39 Å². The summed E-state index contributed by atoms with van der Waals surface area (Å²) in [4.78, 5) is 1.95. The third-order valence-corrected chi connectivity index (χ3v) is 3.04. The Kier molecular flexibility index (Phi) is 5.42. The second-order valence-corrected chi connectivity index (χ2v) is 4.37. The number of halogens is 1. The van der Waals surface area contributed by atoms with Gasteiger partial charge in [-0.15, -0.1) is 0 Å². The Morgan fingerprint density at radius 2 is 2.06 bits per heavy atom. The zero-order chi connectivity index (χ0) is 12.8. The Labute approximate surface area is 104 Å².